The highest BCUT2D eigenvalue weighted by molar-refractivity contribution is 7.22. The Morgan fingerprint density at radius 1 is 0.806 bits per heavy atom. The summed E-state index contributed by atoms with van der Waals surface area (Å²) in [6.45, 7) is 10.1. The minimum Gasteiger partial charge on any atom is -0.489 e. The highest BCUT2D eigenvalue weighted by Crippen LogP contribution is 2.31. The van der Waals surface area contributed by atoms with Gasteiger partial charge in [-0.15, -0.1) is 27.7 Å². The van der Waals surface area contributed by atoms with E-state index < -0.39 is 0 Å². The molecule has 0 radical (unpaired) electrons. The fraction of sp³-hybridized carbons (Fsp3) is 0.125. The van der Waals surface area contributed by atoms with Gasteiger partial charge in [0.1, 0.15) is 24.7 Å². The lowest BCUT2D eigenvalue weighted by Gasteiger charge is -2.09. The van der Waals surface area contributed by atoms with Crippen LogP contribution in [0, 0.1) is 13.5 Å². The van der Waals surface area contributed by atoms with Crippen LogP contribution in [0.15, 0.2) is 60.7 Å². The summed E-state index contributed by atoms with van der Waals surface area (Å²) in [4.78, 5) is 12.1. The van der Waals surface area contributed by atoms with E-state index >= 15 is 0 Å². The molecule has 0 bridgehead atoms. The van der Waals surface area contributed by atoms with Crippen LogP contribution in [0.2, 0.25) is 0 Å². The SMILES string of the molecule is [C-]#[N+]c1nc2ccc(OCc3cccc(COc4ccc5nc(C)sc5c4)c3)cc2s1. The molecule has 3 aromatic carbocycles. The van der Waals surface area contributed by atoms with Gasteiger partial charge in [0.15, 0.2) is 5.52 Å². The summed E-state index contributed by atoms with van der Waals surface area (Å²) < 4.78 is 14.1. The van der Waals surface area contributed by atoms with Crippen molar-refractivity contribution in [2.75, 3.05) is 0 Å². The van der Waals surface area contributed by atoms with Crippen molar-refractivity contribution in [2.24, 2.45) is 0 Å². The molecule has 2 aromatic heterocycles. The molecular weight excluding hydrogens is 426 g/mol. The van der Waals surface area contributed by atoms with Gasteiger partial charge in [-0.3, -0.25) is 0 Å². The number of ether oxygens (including phenoxy) is 2. The lowest BCUT2D eigenvalue weighted by Crippen LogP contribution is -1.99. The summed E-state index contributed by atoms with van der Waals surface area (Å²) in [5, 5.41) is 1.51. The predicted octanol–water partition coefficient (Wildman–Crippen LogP) is 6.92. The number of aryl methyl sites for hydroxylation is 1. The monoisotopic (exact) mass is 443 g/mol. The molecule has 7 heteroatoms. The summed E-state index contributed by atoms with van der Waals surface area (Å²) >= 11 is 3.05. The van der Waals surface area contributed by atoms with Crippen LogP contribution in [0.5, 0.6) is 11.5 Å². The summed E-state index contributed by atoms with van der Waals surface area (Å²) in [7, 11) is 0. The average Bonchev–Trinajstić information content (AvgIpc) is 3.37. The zero-order valence-corrected chi connectivity index (χ0v) is 18.3. The number of thiazole rings is 2. The minimum atomic E-state index is 0.449. The van der Waals surface area contributed by atoms with Crippen molar-refractivity contribution >= 4 is 48.2 Å². The molecule has 0 atom stereocenters. The lowest BCUT2D eigenvalue weighted by atomic mass is 10.1. The molecule has 0 spiro atoms. The zero-order valence-electron chi connectivity index (χ0n) is 16.7. The third-order valence-electron chi connectivity index (χ3n) is 4.71. The van der Waals surface area contributed by atoms with Crippen LogP contribution >= 0.6 is 22.7 Å². The third kappa shape index (κ3) is 4.36. The van der Waals surface area contributed by atoms with Gasteiger partial charge in [-0.1, -0.05) is 24.8 Å². The molecule has 2 heterocycles. The fourth-order valence-electron chi connectivity index (χ4n) is 3.28. The van der Waals surface area contributed by atoms with Gasteiger partial charge >= 0.3 is 5.13 Å². The molecular formula is C24H17N3O2S2. The van der Waals surface area contributed by atoms with Crippen LogP contribution < -0.4 is 9.47 Å². The lowest BCUT2D eigenvalue weighted by molar-refractivity contribution is 0.300. The van der Waals surface area contributed by atoms with Crippen LogP contribution in [0.3, 0.4) is 0 Å². The zero-order chi connectivity index (χ0) is 21.2. The first-order valence-corrected chi connectivity index (χ1v) is 11.3. The van der Waals surface area contributed by atoms with E-state index in [1.807, 2.05) is 61.5 Å². The molecule has 0 amide bonds. The average molecular weight is 444 g/mol. The standard InChI is InChI=1S/C24H17N3O2S2/c1-15-26-20-8-6-18(11-22(20)30-15)28-13-16-4-3-5-17(10-16)14-29-19-7-9-21-23(12-19)31-24(25-2)27-21/h3-12H,13-14H2,1H3. The summed E-state index contributed by atoms with van der Waals surface area (Å²) in [5.74, 6) is 1.61. The quantitative estimate of drug-likeness (QED) is 0.267. The van der Waals surface area contributed by atoms with Crippen molar-refractivity contribution < 1.29 is 9.47 Å². The Labute approximate surface area is 187 Å². The predicted molar refractivity (Wildman–Crippen MR) is 125 cm³/mol. The number of aromatic nitrogens is 2. The maximum absolute atomic E-state index is 7.10. The van der Waals surface area contributed by atoms with Crippen LogP contribution in [-0.2, 0) is 13.2 Å². The molecule has 0 saturated carbocycles. The topological polar surface area (TPSA) is 48.6 Å². The normalized spacial score (nSPS) is 11.0. The van der Waals surface area contributed by atoms with Gasteiger partial charge < -0.3 is 14.3 Å². The molecule has 0 fully saturated rings. The molecule has 0 aliphatic heterocycles. The van der Waals surface area contributed by atoms with E-state index in [1.54, 1.807) is 11.3 Å². The molecule has 0 saturated heterocycles. The Hall–Kier alpha value is -3.47. The van der Waals surface area contributed by atoms with E-state index in [9.17, 15) is 0 Å². The number of rotatable bonds is 6. The van der Waals surface area contributed by atoms with Crippen LogP contribution in [0.1, 0.15) is 16.1 Å². The molecule has 5 rings (SSSR count). The Bertz CT molecular complexity index is 1430. The van der Waals surface area contributed by atoms with E-state index in [1.165, 1.54) is 11.3 Å². The van der Waals surface area contributed by atoms with Crippen LogP contribution in [0.4, 0.5) is 5.13 Å². The Kier molecular flexibility index (Phi) is 5.24. The molecule has 5 nitrogen and oxygen atoms in total. The van der Waals surface area contributed by atoms with E-state index in [0.717, 1.165) is 48.1 Å². The molecule has 152 valence electrons. The van der Waals surface area contributed by atoms with Crippen LogP contribution in [0.25, 0.3) is 25.3 Å². The van der Waals surface area contributed by atoms with Crippen molar-refractivity contribution in [3.05, 3.63) is 88.2 Å². The maximum atomic E-state index is 7.10. The Morgan fingerprint density at radius 2 is 1.42 bits per heavy atom. The number of fused-ring (bicyclic) bond motifs is 2. The van der Waals surface area contributed by atoms with Crippen molar-refractivity contribution in [1.82, 2.24) is 9.97 Å². The molecule has 0 unspecified atom stereocenters. The first-order valence-electron chi connectivity index (χ1n) is 9.65. The van der Waals surface area contributed by atoms with Crippen molar-refractivity contribution in [1.29, 1.82) is 0 Å². The van der Waals surface area contributed by atoms with E-state index in [4.69, 9.17) is 16.0 Å². The summed E-state index contributed by atoms with van der Waals surface area (Å²) in [6.07, 6.45) is 0. The summed E-state index contributed by atoms with van der Waals surface area (Å²) in [5.41, 5.74) is 3.99. The van der Waals surface area contributed by atoms with Crippen molar-refractivity contribution in [2.45, 2.75) is 20.1 Å². The number of nitrogens with zero attached hydrogens (tertiary/aromatic N) is 3. The van der Waals surface area contributed by atoms with Gasteiger partial charge in [-0.25, -0.2) is 4.98 Å². The maximum Gasteiger partial charge on any atom is 0.330 e. The highest BCUT2D eigenvalue weighted by Gasteiger charge is 2.08. The highest BCUT2D eigenvalue weighted by atomic mass is 32.1. The van der Waals surface area contributed by atoms with E-state index in [-0.39, 0.29) is 0 Å². The summed E-state index contributed by atoms with van der Waals surface area (Å²) in [6, 6.07) is 19.9. The number of benzene rings is 3. The van der Waals surface area contributed by atoms with E-state index in [2.05, 4.69) is 20.9 Å². The van der Waals surface area contributed by atoms with Gasteiger partial charge in [0, 0.05) is 6.07 Å². The van der Waals surface area contributed by atoms with Crippen LogP contribution in [-0.4, -0.2) is 9.97 Å². The van der Waals surface area contributed by atoms with E-state index in [0.29, 0.717) is 18.3 Å². The molecule has 0 aliphatic rings. The third-order valence-corrected chi connectivity index (χ3v) is 6.56. The second-order valence-corrected chi connectivity index (χ2v) is 9.24. The van der Waals surface area contributed by atoms with Gasteiger partial charge in [0.2, 0.25) is 0 Å². The second-order valence-electron chi connectivity index (χ2n) is 7.00. The van der Waals surface area contributed by atoms with Crippen molar-refractivity contribution in [3.63, 3.8) is 0 Å². The molecule has 0 aliphatic carbocycles. The minimum absolute atomic E-state index is 0.449. The second kappa shape index (κ2) is 8.34. The Balaban J connectivity index is 1.23. The number of hydrogen-bond acceptors (Lipinski definition) is 6. The van der Waals surface area contributed by atoms with Crippen molar-refractivity contribution in [3.8, 4) is 11.5 Å². The first kappa shape index (κ1) is 19.5. The van der Waals surface area contributed by atoms with Gasteiger partial charge in [0.05, 0.1) is 19.9 Å². The first-order chi connectivity index (χ1) is 15.2. The van der Waals surface area contributed by atoms with Gasteiger partial charge in [0.25, 0.3) is 0 Å². The Morgan fingerprint density at radius 3 is 2.06 bits per heavy atom. The van der Waals surface area contributed by atoms with Gasteiger partial charge in [-0.05, 0) is 54.4 Å². The fourth-order valence-corrected chi connectivity index (χ4v) is 4.92. The van der Waals surface area contributed by atoms with Gasteiger partial charge in [-0.2, -0.15) is 0 Å². The number of hydrogen-bond donors (Lipinski definition) is 0. The molecule has 0 N–H and O–H groups in total. The molecule has 5 aromatic rings. The largest absolute Gasteiger partial charge is 0.489 e. The smallest absolute Gasteiger partial charge is 0.330 e. The molecule has 31 heavy (non-hydrogen) atoms.